The van der Waals surface area contributed by atoms with Crippen molar-refractivity contribution in [2.45, 2.75) is 25.9 Å². The number of pyridine rings is 1. The Balaban J connectivity index is 2.21. The summed E-state index contributed by atoms with van der Waals surface area (Å²) >= 11 is 0. The van der Waals surface area contributed by atoms with Gasteiger partial charge >= 0.3 is 0 Å². The first-order valence-electron chi connectivity index (χ1n) is 7.59. The van der Waals surface area contributed by atoms with E-state index in [0.717, 1.165) is 16.5 Å². The molecule has 7 nitrogen and oxygen atoms in total. The number of nitrogens with two attached hydrogens (primary N) is 1. The lowest BCUT2D eigenvalue weighted by molar-refractivity contribution is 0.143. The van der Waals surface area contributed by atoms with Crippen LogP contribution >= 0.6 is 0 Å². The highest BCUT2D eigenvalue weighted by Gasteiger charge is 2.13. The predicted octanol–water partition coefficient (Wildman–Crippen LogP) is 1.59. The largest absolute Gasteiger partial charge is 0.378 e. The molecular formula is C18H16N6O. The highest BCUT2D eigenvalue weighted by Crippen LogP contribution is 2.24. The fourth-order valence-electron chi connectivity index (χ4n) is 2.39. The summed E-state index contributed by atoms with van der Waals surface area (Å²) in [4.78, 5) is 12.4. The molecule has 124 valence electrons. The zero-order valence-electron chi connectivity index (χ0n) is 13.9. The topological polar surface area (TPSA) is 114 Å². The van der Waals surface area contributed by atoms with Crippen molar-refractivity contribution in [3.8, 4) is 23.7 Å². The molecule has 3 aromatic rings. The Morgan fingerprint density at radius 3 is 2.84 bits per heavy atom. The van der Waals surface area contributed by atoms with Gasteiger partial charge in [0.25, 0.3) is 0 Å². The maximum atomic E-state index is 9.76. The molecule has 7 heteroatoms. The maximum absolute atomic E-state index is 9.76. The Kier molecular flexibility index (Phi) is 4.10. The Bertz CT molecular complexity index is 1040. The minimum absolute atomic E-state index is 0.164. The lowest BCUT2D eigenvalue weighted by Crippen LogP contribution is -2.14. The molecule has 0 unspecified atom stereocenters. The summed E-state index contributed by atoms with van der Waals surface area (Å²) < 4.78 is 1.83. The van der Waals surface area contributed by atoms with Gasteiger partial charge in [0, 0.05) is 24.0 Å². The number of hydrogen-bond acceptors (Lipinski definition) is 6. The number of nitrogens with zero attached hydrogens (tertiary/aromatic N) is 5. The van der Waals surface area contributed by atoms with Gasteiger partial charge in [-0.15, -0.1) is 0 Å². The molecule has 3 heterocycles. The van der Waals surface area contributed by atoms with Crippen molar-refractivity contribution >= 4 is 16.9 Å². The van der Waals surface area contributed by atoms with E-state index in [0.29, 0.717) is 11.5 Å². The van der Waals surface area contributed by atoms with Gasteiger partial charge in [0.1, 0.15) is 17.1 Å². The number of nitrogen functional groups attached to an aromatic ring is 1. The number of aromatic nitrogens is 4. The van der Waals surface area contributed by atoms with Crippen LogP contribution in [-0.4, -0.2) is 30.2 Å². The van der Waals surface area contributed by atoms with E-state index < -0.39 is 5.60 Å². The minimum atomic E-state index is -1.11. The van der Waals surface area contributed by atoms with Crippen molar-refractivity contribution in [2.75, 3.05) is 5.73 Å². The van der Waals surface area contributed by atoms with Crippen molar-refractivity contribution in [3.05, 3.63) is 42.0 Å². The summed E-state index contributed by atoms with van der Waals surface area (Å²) in [6.45, 7) is 3.21. The highest BCUT2D eigenvalue weighted by molar-refractivity contribution is 5.85. The first-order valence-corrected chi connectivity index (χ1v) is 7.59. The third kappa shape index (κ3) is 3.57. The molecule has 0 amide bonds. The highest BCUT2D eigenvalue weighted by atomic mass is 16.3. The van der Waals surface area contributed by atoms with Crippen molar-refractivity contribution < 1.29 is 5.11 Å². The van der Waals surface area contributed by atoms with Gasteiger partial charge in [-0.1, -0.05) is 5.92 Å². The van der Waals surface area contributed by atoms with Gasteiger partial charge in [0.05, 0.1) is 18.0 Å². The number of anilines is 1. The molecule has 0 fully saturated rings. The van der Waals surface area contributed by atoms with Crippen LogP contribution < -0.4 is 5.73 Å². The third-order valence-electron chi connectivity index (χ3n) is 3.44. The summed E-state index contributed by atoms with van der Waals surface area (Å²) in [5, 5.41) is 19.7. The molecule has 0 aliphatic carbocycles. The quantitative estimate of drug-likeness (QED) is 0.689. The smallest absolute Gasteiger partial charge is 0.221 e. The standard InChI is InChI=1S/C18H16N6O/c1-18(2,25)6-3-13-9-15-14(10-22-13)12(4-7-19)11-24(15)16-5-8-21-17(20)23-16/h5,8-11,25H,4H2,1-2H3,(H2,20,21,23). The first-order chi connectivity index (χ1) is 11.9. The van der Waals surface area contributed by atoms with Crippen LogP contribution in [0.4, 0.5) is 5.95 Å². The van der Waals surface area contributed by atoms with Crippen LogP contribution in [0.3, 0.4) is 0 Å². The molecule has 3 rings (SSSR count). The predicted molar refractivity (Wildman–Crippen MR) is 93.6 cm³/mol. The fraction of sp³-hybridized carbons (Fsp3) is 0.222. The average molecular weight is 332 g/mol. The van der Waals surface area contributed by atoms with Crippen LogP contribution in [0.2, 0.25) is 0 Å². The van der Waals surface area contributed by atoms with Crippen molar-refractivity contribution in [3.63, 3.8) is 0 Å². The van der Waals surface area contributed by atoms with Gasteiger partial charge in [0.2, 0.25) is 5.95 Å². The van der Waals surface area contributed by atoms with Crippen LogP contribution in [0.25, 0.3) is 16.7 Å². The monoisotopic (exact) mass is 332 g/mol. The fourth-order valence-corrected chi connectivity index (χ4v) is 2.39. The molecular weight excluding hydrogens is 316 g/mol. The van der Waals surface area contributed by atoms with Gasteiger partial charge in [0.15, 0.2) is 0 Å². The Morgan fingerprint density at radius 2 is 2.16 bits per heavy atom. The van der Waals surface area contributed by atoms with E-state index in [-0.39, 0.29) is 12.4 Å². The summed E-state index contributed by atoms with van der Waals surface area (Å²) in [6, 6.07) is 5.68. The molecule has 0 aliphatic heterocycles. The molecule has 0 saturated heterocycles. The van der Waals surface area contributed by atoms with E-state index in [9.17, 15) is 5.11 Å². The lowest BCUT2D eigenvalue weighted by atomic mass is 10.1. The summed E-state index contributed by atoms with van der Waals surface area (Å²) in [6.07, 6.45) is 5.34. The molecule has 0 radical (unpaired) electrons. The SMILES string of the molecule is CC(C)(O)C#Cc1cc2c(cn1)c(CC#N)cn2-c1ccnc(N)n1. The van der Waals surface area contributed by atoms with Crippen LogP contribution in [0.15, 0.2) is 30.7 Å². The van der Waals surface area contributed by atoms with Crippen LogP contribution in [0.1, 0.15) is 25.1 Å². The molecule has 3 N–H and O–H groups in total. The van der Waals surface area contributed by atoms with E-state index in [1.807, 2.05) is 10.8 Å². The molecule has 0 spiro atoms. The van der Waals surface area contributed by atoms with E-state index >= 15 is 0 Å². The number of hydrogen-bond donors (Lipinski definition) is 2. The molecule has 25 heavy (non-hydrogen) atoms. The number of aliphatic hydroxyl groups is 1. The Morgan fingerprint density at radius 1 is 1.36 bits per heavy atom. The first kappa shape index (κ1) is 16.4. The lowest BCUT2D eigenvalue weighted by Gasteiger charge is -2.06. The van der Waals surface area contributed by atoms with E-state index in [1.165, 1.54) is 0 Å². The summed E-state index contributed by atoms with van der Waals surface area (Å²) in [5.41, 5.74) is 6.73. The minimum Gasteiger partial charge on any atom is -0.378 e. The number of fused-ring (bicyclic) bond motifs is 1. The van der Waals surface area contributed by atoms with Gasteiger partial charge < -0.3 is 15.4 Å². The molecule has 3 aromatic heterocycles. The van der Waals surface area contributed by atoms with Crippen LogP contribution in [0, 0.1) is 23.2 Å². The normalized spacial score (nSPS) is 11.0. The second kappa shape index (κ2) is 6.23. The third-order valence-corrected chi connectivity index (χ3v) is 3.44. The van der Waals surface area contributed by atoms with Crippen molar-refractivity contribution in [2.24, 2.45) is 0 Å². The number of nitriles is 1. The van der Waals surface area contributed by atoms with Gasteiger partial charge in [-0.2, -0.15) is 10.2 Å². The molecule has 0 saturated carbocycles. The summed E-state index contributed by atoms with van der Waals surface area (Å²) in [7, 11) is 0. The Hall–Kier alpha value is -3.42. The Labute approximate surface area is 144 Å². The zero-order valence-corrected chi connectivity index (χ0v) is 13.9. The second-order valence-corrected chi connectivity index (χ2v) is 6.03. The summed E-state index contributed by atoms with van der Waals surface area (Å²) in [5.74, 6) is 6.36. The van der Waals surface area contributed by atoms with Gasteiger partial charge in [-0.25, -0.2) is 9.97 Å². The maximum Gasteiger partial charge on any atom is 0.221 e. The van der Waals surface area contributed by atoms with Crippen molar-refractivity contribution in [1.29, 1.82) is 5.26 Å². The van der Waals surface area contributed by atoms with Gasteiger partial charge in [-0.3, -0.25) is 0 Å². The van der Waals surface area contributed by atoms with E-state index in [1.54, 1.807) is 38.4 Å². The molecule has 0 atom stereocenters. The van der Waals surface area contributed by atoms with Gasteiger partial charge in [-0.05, 0) is 37.5 Å². The molecule has 0 bridgehead atoms. The van der Waals surface area contributed by atoms with Crippen LogP contribution in [-0.2, 0) is 6.42 Å². The van der Waals surface area contributed by atoms with E-state index in [4.69, 9.17) is 11.0 Å². The molecule has 0 aliphatic rings. The second-order valence-electron chi connectivity index (χ2n) is 6.03. The van der Waals surface area contributed by atoms with Crippen molar-refractivity contribution in [1.82, 2.24) is 19.5 Å². The van der Waals surface area contributed by atoms with E-state index in [2.05, 4.69) is 32.9 Å². The average Bonchev–Trinajstić information content (AvgIpc) is 2.91. The zero-order chi connectivity index (χ0) is 18.0. The van der Waals surface area contributed by atoms with Crippen LogP contribution in [0.5, 0.6) is 0 Å². The number of rotatable bonds is 2. The molecule has 0 aromatic carbocycles.